The minimum absolute atomic E-state index is 0. The number of carbonyl (C=O) groups excluding carboxylic acids is 1. The van der Waals surface area contributed by atoms with Crippen LogP contribution in [0.15, 0.2) is 0 Å². The van der Waals surface area contributed by atoms with E-state index in [4.69, 9.17) is 23.7 Å². The molecule has 8 nitrogen and oxygen atoms in total. The van der Waals surface area contributed by atoms with Gasteiger partial charge in [-0.05, 0) is 142 Å². The maximum atomic E-state index is 13.7. The number of hydrogen-bond acceptors (Lipinski definition) is 8. The van der Waals surface area contributed by atoms with Crippen molar-refractivity contribution in [2.24, 2.45) is 45.3 Å². The second-order valence-corrected chi connectivity index (χ2v) is 19.2. The molecule has 7 aliphatic rings. The number of rotatable bonds is 9. The predicted octanol–water partition coefficient (Wildman–Crippen LogP) is 7.52. The van der Waals surface area contributed by atoms with E-state index in [0.717, 1.165) is 51.2 Å². The fourth-order valence-corrected chi connectivity index (χ4v) is 13.3. The van der Waals surface area contributed by atoms with Gasteiger partial charge in [-0.3, -0.25) is 9.69 Å². The van der Waals surface area contributed by atoms with Crippen LogP contribution >= 0.6 is 0 Å². The Bertz CT molecular complexity index is 1230. The molecule has 5 aliphatic carbocycles. The molecule has 2 saturated heterocycles. The number of fused-ring (bicyclic) bond motifs is 4. The summed E-state index contributed by atoms with van der Waals surface area (Å²) < 4.78 is 45.0. The Morgan fingerprint density at radius 2 is 1.75 bits per heavy atom. The zero-order valence-electron chi connectivity index (χ0n) is 31.3. The second-order valence-electron chi connectivity index (χ2n) is 19.2. The van der Waals surface area contributed by atoms with Gasteiger partial charge in [0.05, 0.1) is 30.5 Å². The van der Waals surface area contributed by atoms with Gasteiger partial charge in [0.15, 0.2) is 12.4 Å². The van der Waals surface area contributed by atoms with Crippen molar-refractivity contribution < 1.29 is 39.4 Å². The first-order chi connectivity index (χ1) is 22.5. The lowest BCUT2D eigenvalue weighted by atomic mass is 9.46. The van der Waals surface area contributed by atoms with Crippen LogP contribution in [0.25, 0.3) is 0 Å². The van der Waals surface area contributed by atoms with Crippen LogP contribution in [0, 0.1) is 45.3 Å². The molecule has 0 aromatic carbocycles. The van der Waals surface area contributed by atoms with Crippen molar-refractivity contribution in [3.63, 3.8) is 0 Å². The number of esters is 1. The fourth-order valence-electron chi connectivity index (χ4n) is 13.3. The van der Waals surface area contributed by atoms with Crippen molar-refractivity contribution in [2.75, 3.05) is 33.4 Å². The average Bonchev–Trinajstić information content (AvgIpc) is 3.61. The zero-order chi connectivity index (χ0) is 34.5. The van der Waals surface area contributed by atoms with Crippen LogP contribution in [-0.4, -0.2) is 86.1 Å². The highest BCUT2D eigenvalue weighted by atomic mass is 19.3. The molecule has 0 aromatic rings. The van der Waals surface area contributed by atoms with Crippen LogP contribution in [0.1, 0.15) is 121 Å². The third kappa shape index (κ3) is 5.53. The normalized spacial score (nSPS) is 46.0. The van der Waals surface area contributed by atoms with Gasteiger partial charge in [0, 0.05) is 35.1 Å². The summed E-state index contributed by atoms with van der Waals surface area (Å²) in [6.45, 7) is 19.8. The molecule has 0 aromatic heterocycles. The largest absolute Gasteiger partial charge is 0.457 e. The quantitative estimate of drug-likeness (QED) is 0.232. The first-order valence-corrected chi connectivity index (χ1v) is 19.2. The van der Waals surface area contributed by atoms with E-state index < -0.39 is 17.7 Å². The number of morpholine rings is 1. The summed E-state index contributed by atoms with van der Waals surface area (Å²) in [6.07, 6.45) is 10.8. The number of nitrogens with zero attached hydrogens (tertiary/aromatic N) is 1. The Labute approximate surface area is 290 Å². The van der Waals surface area contributed by atoms with Crippen molar-refractivity contribution >= 4 is 5.97 Å². The molecule has 0 radical (unpaired) electrons. The lowest BCUT2D eigenvalue weighted by molar-refractivity contribution is -0.281. The predicted molar refractivity (Wildman–Crippen MR) is 182 cm³/mol. The third-order valence-corrected chi connectivity index (χ3v) is 15.7. The summed E-state index contributed by atoms with van der Waals surface area (Å²) in [5, 5.41) is 0. The van der Waals surface area contributed by atoms with Gasteiger partial charge in [-0.1, -0.05) is 20.8 Å². The summed E-state index contributed by atoms with van der Waals surface area (Å²) in [7, 11) is 1.79. The summed E-state index contributed by atoms with van der Waals surface area (Å²) in [5.74, 6) is 2.13. The minimum Gasteiger partial charge on any atom is -0.457 e. The molecule has 276 valence electrons. The number of hydrogen-bond donors (Lipinski definition) is 0. The highest BCUT2D eigenvalue weighted by molar-refractivity contribution is 5.66. The SMILES string of the molecule is COC(C)(C)CN1CCOC(O[C@H]2CCC34C[C@]35CC[C@]3(C)C6CCC([C@H](OC(C)=O)C(C)(C)OF)OC6CC3C5CCC4C2(C)C)C1.[HH]. The van der Waals surface area contributed by atoms with Gasteiger partial charge in [0.2, 0.25) is 0 Å². The molecule has 2 heterocycles. The van der Waals surface area contributed by atoms with Gasteiger partial charge < -0.3 is 23.7 Å². The number of ether oxygens (including phenoxy) is 5. The molecule has 2 aliphatic heterocycles. The first-order valence-electron chi connectivity index (χ1n) is 19.2. The molecular weight excluding hydrogens is 613 g/mol. The Morgan fingerprint density at radius 1 is 1.00 bits per heavy atom. The van der Waals surface area contributed by atoms with E-state index >= 15 is 0 Å². The summed E-state index contributed by atoms with van der Waals surface area (Å²) in [4.78, 5) is 18.8. The van der Waals surface area contributed by atoms with Crippen molar-refractivity contribution in [1.82, 2.24) is 4.90 Å². The maximum Gasteiger partial charge on any atom is 0.303 e. The van der Waals surface area contributed by atoms with Gasteiger partial charge in [-0.25, -0.2) is 0 Å². The lowest BCUT2D eigenvalue weighted by Crippen LogP contribution is -2.56. The van der Waals surface area contributed by atoms with Crippen LogP contribution in [0.4, 0.5) is 4.53 Å². The Balaban J connectivity index is 0.00000417. The molecule has 48 heavy (non-hydrogen) atoms. The van der Waals surface area contributed by atoms with E-state index in [1.165, 1.54) is 45.4 Å². The summed E-state index contributed by atoms with van der Waals surface area (Å²) in [5.41, 5.74) is -0.206. The van der Waals surface area contributed by atoms with Crippen LogP contribution in [0.2, 0.25) is 0 Å². The first kappa shape index (κ1) is 35.6. The van der Waals surface area contributed by atoms with Crippen LogP contribution in [0.3, 0.4) is 0 Å². The van der Waals surface area contributed by atoms with E-state index in [9.17, 15) is 9.32 Å². The van der Waals surface area contributed by atoms with E-state index in [-0.39, 0.29) is 42.5 Å². The molecule has 7 fully saturated rings. The van der Waals surface area contributed by atoms with Crippen LogP contribution in [-0.2, 0) is 33.4 Å². The lowest BCUT2D eigenvalue weighted by Gasteiger charge is -2.60. The van der Waals surface area contributed by atoms with E-state index in [1.807, 2.05) is 0 Å². The average molecular weight is 680 g/mol. The van der Waals surface area contributed by atoms with E-state index in [0.29, 0.717) is 35.2 Å². The topological polar surface area (TPSA) is 75.7 Å². The molecule has 0 bridgehead atoms. The molecule has 5 saturated carbocycles. The fraction of sp³-hybridized carbons (Fsp3) is 0.974. The summed E-state index contributed by atoms with van der Waals surface area (Å²) in [6, 6.07) is 0. The van der Waals surface area contributed by atoms with Gasteiger partial charge in [-0.2, -0.15) is 4.94 Å². The van der Waals surface area contributed by atoms with Crippen molar-refractivity contribution in [1.29, 1.82) is 0 Å². The molecular formula is C39H66FNO7. The zero-order valence-corrected chi connectivity index (χ0v) is 31.3. The Hall–Kier alpha value is -0.840. The molecule has 8 unspecified atom stereocenters. The van der Waals surface area contributed by atoms with Crippen molar-refractivity contribution in [3.05, 3.63) is 0 Å². The van der Waals surface area contributed by atoms with Crippen LogP contribution < -0.4 is 0 Å². The molecule has 7 rings (SSSR count). The van der Waals surface area contributed by atoms with Crippen molar-refractivity contribution in [2.45, 2.75) is 162 Å². The van der Waals surface area contributed by atoms with Crippen LogP contribution in [0.5, 0.6) is 0 Å². The van der Waals surface area contributed by atoms with Gasteiger partial charge in [-0.15, -0.1) is 0 Å². The van der Waals surface area contributed by atoms with E-state index in [2.05, 4.69) is 44.5 Å². The highest BCUT2D eigenvalue weighted by Gasteiger charge is 2.80. The third-order valence-electron chi connectivity index (χ3n) is 15.7. The summed E-state index contributed by atoms with van der Waals surface area (Å²) >= 11 is 0. The Kier molecular flexibility index (Phi) is 8.97. The van der Waals surface area contributed by atoms with Gasteiger partial charge >= 0.3 is 5.97 Å². The smallest absolute Gasteiger partial charge is 0.303 e. The highest BCUT2D eigenvalue weighted by Crippen LogP contribution is 2.87. The molecule has 2 spiro atoms. The van der Waals surface area contributed by atoms with Gasteiger partial charge in [0.1, 0.15) is 5.60 Å². The molecule has 12 atom stereocenters. The second kappa shape index (κ2) is 12.1. The standard InChI is InChI=1S/C39H64FNO7.H2/c1-24(42)45-33(36(6,7)48-40)28-12-10-26-29(46-28)20-27-25-11-13-30-35(4,5)31(14-15-39(30)22-38(25,39)17-16-37(26,27)8)47-32-21-41(18-19-44-32)23-34(2,3)43-9;/h25-33H,10-23H2,1-9H3;1H/t25?,26?,27?,28?,29?,30?,31-,32?,33-,37+,38-,39?;/m0./s1. The monoisotopic (exact) mass is 679 g/mol. The molecule has 0 N–H and O–H groups in total. The van der Waals surface area contributed by atoms with Gasteiger partial charge in [0.25, 0.3) is 0 Å². The minimum atomic E-state index is -1.26. The maximum absolute atomic E-state index is 13.7. The molecule has 9 heteroatoms. The number of carbonyl (C=O) groups is 1. The van der Waals surface area contributed by atoms with E-state index in [1.54, 1.807) is 21.0 Å². The number of halogens is 1. The number of methoxy groups -OCH3 is 1. The Morgan fingerprint density at radius 3 is 2.46 bits per heavy atom. The molecule has 0 amide bonds. The van der Waals surface area contributed by atoms with Crippen molar-refractivity contribution in [3.8, 4) is 0 Å².